The molecule has 0 aliphatic heterocycles. The first-order valence-electron chi connectivity index (χ1n) is 4.87. The number of aryl methyl sites for hydroxylation is 1. The van der Waals surface area contributed by atoms with Crippen LogP contribution in [0.3, 0.4) is 0 Å². The van der Waals surface area contributed by atoms with E-state index < -0.39 is 0 Å². The van der Waals surface area contributed by atoms with Gasteiger partial charge in [0.1, 0.15) is 0 Å². The van der Waals surface area contributed by atoms with Gasteiger partial charge in [0.25, 0.3) is 0 Å². The zero-order valence-corrected chi connectivity index (χ0v) is 9.04. The topological polar surface area (TPSA) is 42.5 Å². The van der Waals surface area contributed by atoms with E-state index in [-0.39, 0.29) is 0 Å². The fourth-order valence-electron chi connectivity index (χ4n) is 1.77. The molecule has 0 saturated carbocycles. The summed E-state index contributed by atoms with van der Waals surface area (Å²) in [6.45, 7) is 5.82. The highest BCUT2D eigenvalue weighted by atomic mass is 14.9. The van der Waals surface area contributed by atoms with Crippen LogP contribution < -0.4 is 11.1 Å². The molecule has 0 fully saturated rings. The summed E-state index contributed by atoms with van der Waals surface area (Å²) >= 11 is 0. The second-order valence-electron chi connectivity index (χ2n) is 3.65. The van der Waals surface area contributed by atoms with Crippen LogP contribution in [-0.2, 0) is 0 Å². The van der Waals surface area contributed by atoms with Gasteiger partial charge in [-0.3, -0.25) is 0 Å². The van der Waals surface area contributed by atoms with Crippen LogP contribution in [0.2, 0.25) is 0 Å². The first kappa shape index (κ1) is 9.65. The van der Waals surface area contributed by atoms with Gasteiger partial charge >= 0.3 is 0 Å². The molecule has 3 heteroatoms. The van der Waals surface area contributed by atoms with Crippen molar-refractivity contribution < 1.29 is 0 Å². The van der Waals surface area contributed by atoms with Gasteiger partial charge in [0.15, 0.2) is 0 Å². The van der Waals surface area contributed by atoms with Gasteiger partial charge in [-0.25, -0.2) is 0 Å². The van der Waals surface area contributed by atoms with Gasteiger partial charge in [-0.05, 0) is 25.1 Å². The molecule has 0 aliphatic rings. The maximum absolute atomic E-state index is 5.68. The molecule has 2 aromatic heterocycles. The van der Waals surface area contributed by atoms with E-state index in [1.807, 2.05) is 25.4 Å². The summed E-state index contributed by atoms with van der Waals surface area (Å²) < 4.78 is 2.12. The minimum Gasteiger partial charge on any atom is -0.399 e. The van der Waals surface area contributed by atoms with Crippen LogP contribution in [0.4, 0.5) is 5.69 Å². The monoisotopic (exact) mass is 201 g/mol. The number of hydrogen-bond acceptors (Lipinski definition) is 2. The molecule has 0 aromatic carbocycles. The molecule has 0 bridgehead atoms. The molecule has 0 amide bonds. The zero-order chi connectivity index (χ0) is 11.0. The number of aromatic nitrogens is 1. The van der Waals surface area contributed by atoms with E-state index in [1.165, 1.54) is 5.69 Å². The fraction of sp³-hybridized carbons (Fsp3) is 0.167. The highest BCUT2D eigenvalue weighted by Gasteiger charge is 2.05. The van der Waals surface area contributed by atoms with Crippen molar-refractivity contribution in [3.8, 4) is 0 Å². The Labute approximate surface area is 89.2 Å². The zero-order valence-electron chi connectivity index (χ0n) is 9.04. The average molecular weight is 201 g/mol. The minimum absolute atomic E-state index is 0.596. The van der Waals surface area contributed by atoms with Crippen molar-refractivity contribution in [2.24, 2.45) is 5.73 Å². The Bertz CT molecular complexity index is 523. The van der Waals surface area contributed by atoms with Crippen LogP contribution in [0.1, 0.15) is 11.3 Å². The van der Waals surface area contributed by atoms with Gasteiger partial charge in [-0.2, -0.15) is 0 Å². The first-order valence-corrected chi connectivity index (χ1v) is 4.87. The second-order valence-corrected chi connectivity index (χ2v) is 3.65. The van der Waals surface area contributed by atoms with E-state index in [0.717, 1.165) is 16.8 Å². The number of hydrogen-bond donors (Lipinski definition) is 2. The highest BCUT2D eigenvalue weighted by Crippen LogP contribution is 2.23. The van der Waals surface area contributed by atoms with Crippen LogP contribution in [0, 0.1) is 6.92 Å². The van der Waals surface area contributed by atoms with Gasteiger partial charge in [0.05, 0.1) is 11.2 Å². The molecule has 2 rings (SSSR count). The Morgan fingerprint density at radius 1 is 1.47 bits per heavy atom. The number of nitrogens with two attached hydrogens (primary N) is 1. The molecular weight excluding hydrogens is 186 g/mol. The van der Waals surface area contributed by atoms with Crippen molar-refractivity contribution in [1.29, 1.82) is 0 Å². The smallest absolute Gasteiger partial charge is 0.0692 e. The Kier molecular flexibility index (Phi) is 2.15. The highest BCUT2D eigenvalue weighted by molar-refractivity contribution is 5.78. The normalized spacial score (nSPS) is 10.5. The molecule has 2 aromatic rings. The molecule has 0 radical (unpaired) electrons. The van der Waals surface area contributed by atoms with Crippen molar-refractivity contribution >= 4 is 16.9 Å². The van der Waals surface area contributed by atoms with Crippen molar-refractivity contribution in [2.45, 2.75) is 6.92 Å². The summed E-state index contributed by atoms with van der Waals surface area (Å²) in [5, 5.41) is 3.17. The largest absolute Gasteiger partial charge is 0.399 e. The summed E-state index contributed by atoms with van der Waals surface area (Å²) in [6, 6.07) is 6.13. The summed E-state index contributed by atoms with van der Waals surface area (Å²) in [5.74, 6) is 0. The fourth-order valence-corrected chi connectivity index (χ4v) is 1.77. The molecule has 78 valence electrons. The van der Waals surface area contributed by atoms with E-state index in [1.54, 1.807) is 0 Å². The lowest BCUT2D eigenvalue weighted by molar-refractivity contribution is 1.11. The second kappa shape index (κ2) is 3.35. The van der Waals surface area contributed by atoms with Crippen LogP contribution in [0.15, 0.2) is 31.0 Å². The van der Waals surface area contributed by atoms with Gasteiger partial charge in [-0.1, -0.05) is 6.58 Å². The van der Waals surface area contributed by atoms with Crippen molar-refractivity contribution in [2.75, 3.05) is 12.4 Å². The van der Waals surface area contributed by atoms with Crippen LogP contribution in [-0.4, -0.2) is 11.4 Å². The number of nitrogens with one attached hydrogen (secondary N) is 1. The predicted octanol–water partition coefficient (Wildman–Crippen LogP) is 2.22. The lowest BCUT2D eigenvalue weighted by Crippen LogP contribution is -1.96. The number of anilines is 1. The molecule has 15 heavy (non-hydrogen) atoms. The number of fused-ring (bicyclic) bond motifs is 1. The van der Waals surface area contributed by atoms with Gasteiger partial charge in [0, 0.05) is 30.2 Å². The van der Waals surface area contributed by atoms with Gasteiger partial charge in [0.2, 0.25) is 0 Å². The quantitative estimate of drug-likeness (QED) is 0.782. The van der Waals surface area contributed by atoms with E-state index >= 15 is 0 Å². The molecule has 0 spiro atoms. The molecule has 3 nitrogen and oxygen atoms in total. The number of nitrogens with zero attached hydrogens (tertiary/aromatic N) is 1. The Morgan fingerprint density at radius 2 is 2.20 bits per heavy atom. The van der Waals surface area contributed by atoms with Crippen LogP contribution >= 0.6 is 0 Å². The molecule has 0 saturated heterocycles. The van der Waals surface area contributed by atoms with Crippen molar-refractivity contribution in [1.82, 2.24) is 4.40 Å². The Balaban J connectivity index is 2.73. The lowest BCUT2D eigenvalue weighted by atomic mass is 10.2. The third-order valence-corrected chi connectivity index (χ3v) is 2.60. The van der Waals surface area contributed by atoms with E-state index in [9.17, 15) is 0 Å². The molecule has 0 aliphatic carbocycles. The first-order chi connectivity index (χ1) is 7.13. The number of rotatable bonds is 2. The molecule has 2 heterocycles. The predicted molar refractivity (Wildman–Crippen MR) is 64.9 cm³/mol. The summed E-state index contributed by atoms with van der Waals surface area (Å²) in [4.78, 5) is 0. The van der Waals surface area contributed by atoms with E-state index in [0.29, 0.717) is 5.70 Å². The van der Waals surface area contributed by atoms with Crippen molar-refractivity contribution in [3.05, 3.63) is 42.2 Å². The summed E-state index contributed by atoms with van der Waals surface area (Å²) in [6.07, 6.45) is 2.01. The van der Waals surface area contributed by atoms with Crippen LogP contribution in [0.5, 0.6) is 0 Å². The molecule has 3 N–H and O–H groups in total. The molecule has 0 unspecified atom stereocenters. The lowest BCUT2D eigenvalue weighted by Gasteiger charge is -2.04. The SMILES string of the molecule is C=C(N)c1ccn2c(C)cc(NC)c2c1. The Morgan fingerprint density at radius 3 is 2.80 bits per heavy atom. The third-order valence-electron chi connectivity index (χ3n) is 2.60. The van der Waals surface area contributed by atoms with Gasteiger partial charge < -0.3 is 15.5 Å². The summed E-state index contributed by atoms with van der Waals surface area (Å²) in [7, 11) is 1.92. The van der Waals surface area contributed by atoms with Gasteiger partial charge in [-0.15, -0.1) is 0 Å². The van der Waals surface area contributed by atoms with Crippen LogP contribution in [0.25, 0.3) is 11.2 Å². The molecular formula is C12H15N3. The maximum atomic E-state index is 5.68. The van der Waals surface area contributed by atoms with E-state index in [4.69, 9.17) is 5.73 Å². The van der Waals surface area contributed by atoms with Crippen molar-refractivity contribution in [3.63, 3.8) is 0 Å². The molecule has 0 atom stereocenters. The standard InChI is InChI=1S/C12H15N3/c1-8-6-11(14-3)12-7-10(9(2)13)4-5-15(8)12/h4-7,14H,2,13H2,1,3H3. The maximum Gasteiger partial charge on any atom is 0.0692 e. The third kappa shape index (κ3) is 1.46. The van der Waals surface area contributed by atoms with E-state index in [2.05, 4.69) is 29.3 Å². The number of pyridine rings is 1. The summed E-state index contributed by atoms with van der Waals surface area (Å²) in [5.41, 5.74) is 10.7. The average Bonchev–Trinajstić information content (AvgIpc) is 2.55. The Hall–Kier alpha value is -1.90. The minimum atomic E-state index is 0.596.